The van der Waals surface area contributed by atoms with Gasteiger partial charge in [0.1, 0.15) is 0 Å². The fourth-order valence-corrected chi connectivity index (χ4v) is 1.88. The number of methoxy groups -OCH3 is 1. The fraction of sp³-hybridized carbons (Fsp3) is 0.125. The molecule has 0 spiro atoms. The van der Waals surface area contributed by atoms with E-state index in [0.717, 1.165) is 11.1 Å². The molecule has 0 saturated carbocycles. The van der Waals surface area contributed by atoms with Crippen molar-refractivity contribution in [2.75, 3.05) is 7.11 Å². The van der Waals surface area contributed by atoms with Crippen molar-refractivity contribution in [2.45, 2.75) is 6.92 Å². The molecule has 0 aliphatic heterocycles. The Morgan fingerprint density at radius 1 is 1.11 bits per heavy atom. The van der Waals surface area contributed by atoms with E-state index in [-0.39, 0.29) is 11.8 Å². The summed E-state index contributed by atoms with van der Waals surface area (Å²) in [5, 5.41) is 0. The van der Waals surface area contributed by atoms with Crippen molar-refractivity contribution in [1.29, 1.82) is 0 Å². The summed E-state index contributed by atoms with van der Waals surface area (Å²) < 4.78 is 4.65. The fourth-order valence-electron chi connectivity index (χ4n) is 1.88. The molecular formula is C16H13O3. The molecule has 19 heavy (non-hydrogen) atoms. The van der Waals surface area contributed by atoms with Gasteiger partial charge in [0.25, 0.3) is 0 Å². The molecule has 95 valence electrons. The molecule has 0 saturated heterocycles. The number of ketones is 1. The lowest BCUT2D eigenvalue weighted by molar-refractivity contribution is 0.0600. The molecule has 0 fully saturated rings. The van der Waals surface area contributed by atoms with E-state index >= 15 is 0 Å². The maximum atomic E-state index is 11.6. The van der Waals surface area contributed by atoms with Gasteiger partial charge in [-0.25, -0.2) is 4.79 Å². The molecule has 0 N–H and O–H groups in total. The minimum atomic E-state index is -0.375. The molecule has 0 heterocycles. The van der Waals surface area contributed by atoms with E-state index in [0.29, 0.717) is 11.1 Å². The van der Waals surface area contributed by atoms with Crippen molar-refractivity contribution >= 4 is 11.8 Å². The highest BCUT2D eigenvalue weighted by Crippen LogP contribution is 2.24. The Balaban J connectivity index is 2.43. The van der Waals surface area contributed by atoms with Crippen molar-refractivity contribution in [3.63, 3.8) is 0 Å². The summed E-state index contributed by atoms with van der Waals surface area (Å²) in [4.78, 5) is 22.9. The number of Topliss-reactive ketones (excluding diaryl/α,β-unsaturated/α-hetero) is 1. The first-order valence-electron chi connectivity index (χ1n) is 5.83. The molecule has 0 amide bonds. The van der Waals surface area contributed by atoms with Crippen LogP contribution in [-0.4, -0.2) is 18.9 Å². The number of rotatable bonds is 3. The van der Waals surface area contributed by atoms with E-state index < -0.39 is 0 Å². The van der Waals surface area contributed by atoms with Crippen LogP contribution in [0.3, 0.4) is 0 Å². The zero-order valence-corrected chi connectivity index (χ0v) is 10.8. The molecule has 2 aromatic carbocycles. The van der Waals surface area contributed by atoms with Gasteiger partial charge in [-0.2, -0.15) is 0 Å². The second-order valence-electron chi connectivity index (χ2n) is 4.10. The molecule has 0 aliphatic carbocycles. The lowest BCUT2D eigenvalue weighted by atomic mass is 9.97. The van der Waals surface area contributed by atoms with Gasteiger partial charge in [0.15, 0.2) is 5.78 Å². The van der Waals surface area contributed by atoms with Crippen LogP contribution in [0.1, 0.15) is 27.6 Å². The van der Waals surface area contributed by atoms with E-state index in [1.54, 1.807) is 36.4 Å². The molecule has 2 rings (SSSR count). The van der Waals surface area contributed by atoms with Crippen molar-refractivity contribution in [2.24, 2.45) is 0 Å². The Bertz CT molecular complexity index is 612. The van der Waals surface area contributed by atoms with Gasteiger partial charge in [-0.15, -0.1) is 0 Å². The van der Waals surface area contributed by atoms with Gasteiger partial charge >= 0.3 is 5.97 Å². The van der Waals surface area contributed by atoms with Crippen LogP contribution < -0.4 is 0 Å². The van der Waals surface area contributed by atoms with Gasteiger partial charge in [0.2, 0.25) is 0 Å². The number of carbonyl (C=O) groups is 2. The van der Waals surface area contributed by atoms with Gasteiger partial charge in [0, 0.05) is 5.56 Å². The van der Waals surface area contributed by atoms with Gasteiger partial charge in [-0.1, -0.05) is 24.3 Å². The predicted molar refractivity (Wildman–Crippen MR) is 72.1 cm³/mol. The molecule has 0 atom stereocenters. The zero-order valence-electron chi connectivity index (χ0n) is 10.8. The summed E-state index contributed by atoms with van der Waals surface area (Å²) in [5.41, 5.74) is 2.82. The monoisotopic (exact) mass is 253 g/mol. The summed E-state index contributed by atoms with van der Waals surface area (Å²) >= 11 is 0. The van der Waals surface area contributed by atoms with Crippen LogP contribution in [-0.2, 0) is 4.74 Å². The third-order valence-electron chi connectivity index (χ3n) is 2.86. The first-order chi connectivity index (χ1) is 9.13. The van der Waals surface area contributed by atoms with E-state index in [1.165, 1.54) is 14.0 Å². The third kappa shape index (κ3) is 2.71. The molecular weight excluding hydrogens is 240 g/mol. The van der Waals surface area contributed by atoms with Crippen LogP contribution in [0.25, 0.3) is 11.1 Å². The first kappa shape index (κ1) is 13.0. The Morgan fingerprint density at radius 3 is 2.37 bits per heavy atom. The van der Waals surface area contributed by atoms with Crippen molar-refractivity contribution in [3.8, 4) is 11.1 Å². The maximum absolute atomic E-state index is 11.6. The lowest BCUT2D eigenvalue weighted by Gasteiger charge is -2.07. The standard InChI is InChI=1S/C16H13O3/c1-11(17)14-5-3-4-6-15(14)12-7-9-13(10-8-12)16(18)19-2/h4-10H,1-2H3. The average molecular weight is 253 g/mol. The van der Waals surface area contributed by atoms with Gasteiger partial charge in [-0.05, 0) is 42.3 Å². The quantitative estimate of drug-likeness (QED) is 0.623. The molecule has 0 unspecified atom stereocenters. The molecule has 1 radical (unpaired) electrons. The molecule has 0 aliphatic rings. The van der Waals surface area contributed by atoms with E-state index in [2.05, 4.69) is 10.8 Å². The SMILES string of the molecule is COC(=O)c1ccc(-c2cc[c]cc2C(C)=O)cc1. The average Bonchev–Trinajstić information content (AvgIpc) is 2.46. The van der Waals surface area contributed by atoms with Crippen LogP contribution in [0.4, 0.5) is 0 Å². The van der Waals surface area contributed by atoms with Crippen LogP contribution in [0, 0.1) is 6.07 Å². The first-order valence-corrected chi connectivity index (χ1v) is 5.83. The van der Waals surface area contributed by atoms with E-state index in [4.69, 9.17) is 0 Å². The highest BCUT2D eigenvalue weighted by atomic mass is 16.5. The Kier molecular flexibility index (Phi) is 3.76. The van der Waals surface area contributed by atoms with Gasteiger partial charge < -0.3 is 4.74 Å². The Morgan fingerprint density at radius 2 is 1.79 bits per heavy atom. The van der Waals surface area contributed by atoms with Crippen molar-refractivity contribution < 1.29 is 14.3 Å². The highest BCUT2D eigenvalue weighted by Gasteiger charge is 2.10. The minimum Gasteiger partial charge on any atom is -0.465 e. The van der Waals surface area contributed by atoms with Gasteiger partial charge in [-0.3, -0.25) is 4.79 Å². The minimum absolute atomic E-state index is 0.0103. The van der Waals surface area contributed by atoms with E-state index in [9.17, 15) is 9.59 Å². The van der Waals surface area contributed by atoms with Crippen LogP contribution >= 0.6 is 0 Å². The Labute approximate surface area is 111 Å². The molecule has 0 bridgehead atoms. The van der Waals surface area contributed by atoms with Crippen LogP contribution in [0.5, 0.6) is 0 Å². The number of ether oxygens (including phenoxy) is 1. The highest BCUT2D eigenvalue weighted by molar-refractivity contribution is 6.01. The topological polar surface area (TPSA) is 43.4 Å². The number of carbonyl (C=O) groups excluding carboxylic acids is 2. The molecule has 0 aromatic heterocycles. The number of benzene rings is 2. The van der Waals surface area contributed by atoms with Crippen LogP contribution in [0.2, 0.25) is 0 Å². The van der Waals surface area contributed by atoms with Gasteiger partial charge in [0.05, 0.1) is 12.7 Å². The molecule has 3 nitrogen and oxygen atoms in total. The van der Waals surface area contributed by atoms with Crippen molar-refractivity contribution in [3.05, 3.63) is 59.7 Å². The second kappa shape index (κ2) is 5.48. The van der Waals surface area contributed by atoms with Crippen molar-refractivity contribution in [1.82, 2.24) is 0 Å². The summed E-state index contributed by atoms with van der Waals surface area (Å²) in [7, 11) is 1.34. The Hall–Kier alpha value is -2.42. The number of hydrogen-bond acceptors (Lipinski definition) is 3. The number of hydrogen-bond donors (Lipinski definition) is 0. The second-order valence-corrected chi connectivity index (χ2v) is 4.10. The smallest absolute Gasteiger partial charge is 0.337 e. The number of esters is 1. The van der Waals surface area contributed by atoms with E-state index in [1.807, 2.05) is 6.07 Å². The molecule has 2 aromatic rings. The lowest BCUT2D eigenvalue weighted by Crippen LogP contribution is -2.01. The summed E-state index contributed by atoms with van der Waals surface area (Å²) in [6.45, 7) is 1.52. The largest absolute Gasteiger partial charge is 0.465 e. The summed E-state index contributed by atoms with van der Waals surface area (Å²) in [6, 6.07) is 15.1. The maximum Gasteiger partial charge on any atom is 0.337 e. The van der Waals surface area contributed by atoms with Crippen LogP contribution in [0.15, 0.2) is 42.5 Å². The zero-order chi connectivity index (χ0) is 13.8. The third-order valence-corrected chi connectivity index (χ3v) is 2.86. The summed E-state index contributed by atoms with van der Waals surface area (Å²) in [6.07, 6.45) is 0. The summed E-state index contributed by atoms with van der Waals surface area (Å²) in [5.74, 6) is -0.386. The molecule has 3 heteroatoms. The normalized spacial score (nSPS) is 10.0. The predicted octanol–water partition coefficient (Wildman–Crippen LogP) is 3.14.